The van der Waals surface area contributed by atoms with Crippen molar-refractivity contribution in [1.29, 1.82) is 0 Å². The average molecular weight is 843 g/mol. The summed E-state index contributed by atoms with van der Waals surface area (Å²) < 4.78 is 49.0. The Morgan fingerprint density at radius 3 is 2.38 bits per heavy atom. The summed E-state index contributed by atoms with van der Waals surface area (Å²) in [4.78, 5) is 59.9. The van der Waals surface area contributed by atoms with Gasteiger partial charge in [0.25, 0.3) is 5.67 Å². The number of aromatic nitrogens is 3. The lowest BCUT2D eigenvalue weighted by Gasteiger charge is -2.47. The first-order chi connectivity index (χ1) is 28.1. The van der Waals surface area contributed by atoms with Crippen LogP contribution in [0.4, 0.5) is 14.9 Å². The van der Waals surface area contributed by atoms with Gasteiger partial charge in [0.15, 0.2) is 17.7 Å². The Balaban J connectivity index is 1.48. The number of benzene rings is 1. The van der Waals surface area contributed by atoms with E-state index in [-0.39, 0.29) is 37.3 Å². The molecule has 3 saturated heterocycles. The van der Waals surface area contributed by atoms with Crippen LogP contribution in [0, 0.1) is 17.8 Å². The number of aliphatic hydroxyl groups excluding tert-OH is 1. The monoisotopic (exact) mass is 842 g/mol. The second-order valence-corrected chi connectivity index (χ2v) is 17.5. The molecule has 0 saturated carbocycles. The number of carbonyl (C=O) groups is 4. The predicted octanol–water partition coefficient (Wildman–Crippen LogP) is 4.38. The van der Waals surface area contributed by atoms with Gasteiger partial charge in [-0.15, -0.1) is 5.10 Å². The van der Waals surface area contributed by atoms with Gasteiger partial charge in [0, 0.05) is 48.7 Å². The van der Waals surface area contributed by atoms with Crippen LogP contribution in [0.1, 0.15) is 74.7 Å². The lowest BCUT2D eigenvalue weighted by molar-refractivity contribution is -0.295. The first-order valence-corrected chi connectivity index (χ1v) is 20.7. The third-order valence-corrected chi connectivity index (χ3v) is 12.7. The summed E-state index contributed by atoms with van der Waals surface area (Å²) in [7, 11) is 5.02. The topological polar surface area (TPSA) is 198 Å². The highest BCUT2D eigenvalue weighted by molar-refractivity contribution is 6.08. The molecule has 0 aliphatic carbocycles. The van der Waals surface area contributed by atoms with E-state index in [4.69, 9.17) is 29.4 Å². The normalized spacial score (nSPS) is 37.3. The molecule has 1 amide bonds. The second kappa shape index (κ2) is 18.4. The molecule has 3 aliphatic rings. The molecule has 2 aromatic rings. The van der Waals surface area contributed by atoms with Gasteiger partial charge in [-0.05, 0) is 73.2 Å². The van der Waals surface area contributed by atoms with Crippen molar-refractivity contribution in [3.8, 4) is 11.3 Å². The largest absolute Gasteiger partial charge is 0.455 e. The van der Waals surface area contributed by atoms with Crippen LogP contribution in [0.25, 0.3) is 11.3 Å². The predicted molar refractivity (Wildman–Crippen MR) is 219 cm³/mol. The lowest BCUT2D eigenvalue weighted by atomic mass is 9.73. The molecule has 16 nitrogen and oxygen atoms in total. The Morgan fingerprint density at radius 2 is 1.75 bits per heavy atom. The minimum absolute atomic E-state index is 0.00481. The fourth-order valence-electron chi connectivity index (χ4n) is 9.26. The van der Waals surface area contributed by atoms with Crippen LogP contribution in [0.15, 0.2) is 42.6 Å². The summed E-state index contributed by atoms with van der Waals surface area (Å²) in [5.41, 5.74) is 1.66. The zero-order chi connectivity index (χ0) is 44.5. The number of carbonyl (C=O) groups excluding carboxylic acids is 4. The first-order valence-electron chi connectivity index (χ1n) is 20.7. The van der Waals surface area contributed by atoms with Gasteiger partial charge in [0.05, 0.1) is 36.6 Å². The SMILES string of the molecule is CC[C@H]1OC(=O)[C@@](C)(F)C(=O)[C@H](C)[C@@H](O[C@@H]2OC(C)CC(N(C)C)C2O)[C@](C)(OC)C[C@@H](C)C(=O)[C@H](C)[C@H]2N(C/C=C\Cn3cc(-c4cccc(N)c4)nn3)C(=O)O[C@]12C. The number of nitrogen functional groups attached to an aromatic ring is 1. The summed E-state index contributed by atoms with van der Waals surface area (Å²) in [6.45, 7) is 12.7. The van der Waals surface area contributed by atoms with Gasteiger partial charge in [-0.2, -0.15) is 0 Å². The maximum Gasteiger partial charge on any atom is 0.411 e. The highest BCUT2D eigenvalue weighted by atomic mass is 19.1. The molecule has 0 spiro atoms. The quantitative estimate of drug-likeness (QED) is 0.148. The zero-order valence-electron chi connectivity index (χ0n) is 36.7. The Labute approximate surface area is 351 Å². The lowest BCUT2D eigenvalue weighted by Crippen LogP contribution is -2.61. The molecule has 332 valence electrons. The molecule has 1 aromatic heterocycles. The molecule has 5 rings (SSSR count). The van der Waals surface area contributed by atoms with Gasteiger partial charge in [-0.25, -0.2) is 18.7 Å². The number of esters is 1. The molecule has 0 bridgehead atoms. The van der Waals surface area contributed by atoms with Crippen LogP contribution >= 0.6 is 0 Å². The Hall–Kier alpha value is -4.29. The summed E-state index contributed by atoms with van der Waals surface area (Å²) in [6.07, 6.45) is -0.305. The van der Waals surface area contributed by atoms with E-state index in [0.717, 1.165) is 12.5 Å². The van der Waals surface area contributed by atoms with Gasteiger partial charge in [0.2, 0.25) is 0 Å². The van der Waals surface area contributed by atoms with E-state index < -0.39 is 83.1 Å². The number of hydrogen-bond donors (Lipinski definition) is 2. The minimum atomic E-state index is -3.20. The number of nitrogens with two attached hydrogens (primary N) is 1. The number of alkyl halides is 1. The van der Waals surface area contributed by atoms with Gasteiger partial charge in [-0.1, -0.05) is 57.2 Å². The Kier molecular flexibility index (Phi) is 14.3. The number of nitrogens with zero attached hydrogens (tertiary/aromatic N) is 5. The van der Waals surface area contributed by atoms with Crippen molar-refractivity contribution >= 4 is 29.3 Å². The van der Waals surface area contributed by atoms with Gasteiger partial charge in [0.1, 0.15) is 23.7 Å². The number of Topliss-reactive ketones (excluding diaryl/α,β-unsaturated/α-hetero) is 2. The molecular formula is C43H63FN6O10. The fourth-order valence-corrected chi connectivity index (χ4v) is 9.26. The van der Waals surface area contributed by atoms with Crippen LogP contribution in [0.2, 0.25) is 0 Å². The van der Waals surface area contributed by atoms with Crippen molar-refractivity contribution in [3.63, 3.8) is 0 Å². The molecule has 17 heteroatoms. The van der Waals surface area contributed by atoms with E-state index in [0.29, 0.717) is 24.3 Å². The molecule has 4 heterocycles. The highest BCUT2D eigenvalue weighted by Gasteiger charge is 2.61. The van der Waals surface area contributed by atoms with E-state index in [2.05, 4.69) is 10.3 Å². The van der Waals surface area contributed by atoms with E-state index >= 15 is 4.39 Å². The zero-order valence-corrected chi connectivity index (χ0v) is 36.7. The number of rotatable bonds is 10. The van der Waals surface area contributed by atoms with E-state index in [1.165, 1.54) is 18.9 Å². The van der Waals surface area contributed by atoms with Gasteiger partial charge >= 0.3 is 12.1 Å². The first kappa shape index (κ1) is 46.8. The number of allylic oxidation sites excluding steroid dienone is 1. The minimum Gasteiger partial charge on any atom is -0.455 e. The van der Waals surface area contributed by atoms with Crippen LogP contribution in [-0.4, -0.2) is 141 Å². The van der Waals surface area contributed by atoms with Crippen molar-refractivity contribution in [2.24, 2.45) is 17.8 Å². The third kappa shape index (κ3) is 9.29. The van der Waals surface area contributed by atoms with E-state index in [1.807, 2.05) is 38.1 Å². The molecule has 0 radical (unpaired) electrons. The van der Waals surface area contributed by atoms with Crippen LogP contribution < -0.4 is 5.73 Å². The molecular weight excluding hydrogens is 780 g/mol. The average Bonchev–Trinajstić information content (AvgIpc) is 3.78. The van der Waals surface area contributed by atoms with Crippen molar-refractivity contribution in [2.75, 3.05) is 33.5 Å². The molecule has 3 fully saturated rings. The van der Waals surface area contributed by atoms with Crippen molar-refractivity contribution in [3.05, 3.63) is 42.6 Å². The molecule has 13 atom stereocenters. The maximum absolute atomic E-state index is 16.9. The number of methoxy groups -OCH3 is 1. The van der Waals surface area contributed by atoms with Crippen molar-refractivity contribution in [2.45, 2.75) is 141 Å². The number of amides is 1. The highest BCUT2D eigenvalue weighted by Crippen LogP contribution is 2.43. The van der Waals surface area contributed by atoms with Crippen molar-refractivity contribution in [1.82, 2.24) is 24.8 Å². The number of likely N-dealkylation sites (N-methyl/N-ethyl adjacent to an activating group) is 1. The van der Waals surface area contributed by atoms with Crippen molar-refractivity contribution < 1.29 is 52.4 Å². The number of hydrogen-bond acceptors (Lipinski definition) is 14. The second-order valence-electron chi connectivity index (χ2n) is 17.5. The van der Waals surface area contributed by atoms with E-state index in [9.17, 15) is 24.3 Å². The third-order valence-electron chi connectivity index (χ3n) is 12.7. The molecule has 3 aliphatic heterocycles. The Morgan fingerprint density at radius 1 is 1.07 bits per heavy atom. The van der Waals surface area contributed by atoms with Crippen LogP contribution in [0.5, 0.6) is 0 Å². The summed E-state index contributed by atoms with van der Waals surface area (Å²) in [5.74, 6) is -5.96. The molecule has 60 heavy (non-hydrogen) atoms. The van der Waals surface area contributed by atoms with E-state index in [1.54, 1.807) is 69.8 Å². The summed E-state index contributed by atoms with van der Waals surface area (Å²) in [6, 6.07) is 5.91. The molecule has 3 N–H and O–H groups in total. The standard InChI is InChI=1S/C43H63FN6O10/c1-12-32-43(8)35(50(40(55)60-43)19-14-13-18-49-23-30(46-47-49)28-16-15-17-29(45)21-28)26(4)33(51)24(2)22-41(6,56-11)37(27(5)36(53)42(7,44)39(54)58-32)59-38-34(52)31(48(9)10)20-25(3)57-38/h13-17,21,23-27,31-32,34-35,37-38,52H,12,18-20,22,45H2,1-11H3/b14-13-/t24-,25?,26+,27+,31?,32-,34?,35-,37-,38+,41-,42+,43-/m1/s1. The number of cyclic esters (lactones) is 1. The van der Waals surface area contributed by atoms with Crippen LogP contribution in [0.3, 0.4) is 0 Å². The number of aliphatic hydroxyl groups is 1. The maximum atomic E-state index is 16.9. The number of ketones is 2. The smallest absolute Gasteiger partial charge is 0.411 e. The number of halogens is 1. The number of anilines is 1. The number of fused-ring (bicyclic) bond motifs is 1. The Bertz CT molecular complexity index is 1910. The van der Waals surface area contributed by atoms with Gasteiger partial charge in [-0.3, -0.25) is 14.5 Å². The van der Waals surface area contributed by atoms with Crippen LogP contribution in [-0.2, 0) is 44.6 Å². The summed E-state index contributed by atoms with van der Waals surface area (Å²) in [5, 5.41) is 19.8. The summed E-state index contributed by atoms with van der Waals surface area (Å²) >= 11 is 0. The fraction of sp³-hybridized carbons (Fsp3) is 0.674. The molecule has 3 unspecified atom stereocenters. The van der Waals surface area contributed by atoms with Gasteiger partial charge < -0.3 is 39.4 Å². The molecule has 1 aromatic carbocycles. The number of ether oxygens (including phenoxy) is 5.